The Hall–Kier alpha value is -1.35. The van der Waals surface area contributed by atoms with Crippen LogP contribution in [0.1, 0.15) is 54.4 Å². The maximum absolute atomic E-state index is 12.6. The van der Waals surface area contributed by atoms with Gasteiger partial charge in [-0.15, -0.1) is 0 Å². The summed E-state index contributed by atoms with van der Waals surface area (Å²) in [6.07, 6.45) is 7.79. The van der Waals surface area contributed by atoms with Gasteiger partial charge in [0, 0.05) is 17.6 Å². The Labute approximate surface area is 126 Å². The Kier molecular flexibility index (Phi) is 3.07. The predicted molar refractivity (Wildman–Crippen MR) is 82.7 cm³/mol. The first-order chi connectivity index (χ1) is 10.2. The summed E-state index contributed by atoms with van der Waals surface area (Å²) in [4.78, 5) is 12.6. The van der Waals surface area contributed by atoms with Gasteiger partial charge in [0.25, 0.3) is 5.91 Å². The maximum Gasteiger partial charge on any atom is 0.251 e. The van der Waals surface area contributed by atoms with Crippen LogP contribution in [0.4, 0.5) is 0 Å². The summed E-state index contributed by atoms with van der Waals surface area (Å²) >= 11 is 0. The van der Waals surface area contributed by atoms with Crippen LogP contribution in [0, 0.1) is 17.8 Å². The third-order valence-electron chi connectivity index (χ3n) is 5.84. The van der Waals surface area contributed by atoms with E-state index in [2.05, 4.69) is 5.32 Å². The lowest BCUT2D eigenvalue weighted by Gasteiger charge is -2.56. The van der Waals surface area contributed by atoms with E-state index in [-0.39, 0.29) is 11.4 Å². The van der Waals surface area contributed by atoms with E-state index in [0.717, 1.165) is 28.9 Å². The van der Waals surface area contributed by atoms with Crippen molar-refractivity contribution in [2.75, 3.05) is 0 Å². The largest absolute Gasteiger partial charge is 0.347 e. The number of hydrogen-bond donors (Lipinski definition) is 2. The van der Waals surface area contributed by atoms with Gasteiger partial charge in [-0.25, -0.2) is 0 Å². The van der Waals surface area contributed by atoms with Gasteiger partial charge < -0.3 is 11.1 Å². The van der Waals surface area contributed by atoms with E-state index in [9.17, 15) is 4.79 Å². The molecule has 0 aromatic heterocycles. The van der Waals surface area contributed by atoms with E-state index in [0.29, 0.717) is 6.54 Å². The molecule has 0 aliphatic heterocycles. The highest BCUT2D eigenvalue weighted by atomic mass is 16.1. The van der Waals surface area contributed by atoms with Gasteiger partial charge in [-0.2, -0.15) is 0 Å². The molecule has 5 rings (SSSR count). The topological polar surface area (TPSA) is 55.1 Å². The summed E-state index contributed by atoms with van der Waals surface area (Å²) < 4.78 is 0. The lowest BCUT2D eigenvalue weighted by molar-refractivity contribution is -0.0167. The smallest absolute Gasteiger partial charge is 0.251 e. The second-order valence-corrected chi connectivity index (χ2v) is 7.56. The van der Waals surface area contributed by atoms with Crippen LogP contribution in [-0.4, -0.2) is 11.4 Å². The first kappa shape index (κ1) is 13.3. The number of benzene rings is 1. The van der Waals surface area contributed by atoms with Gasteiger partial charge in [0.05, 0.1) is 0 Å². The zero-order valence-electron chi connectivity index (χ0n) is 12.5. The second-order valence-electron chi connectivity index (χ2n) is 7.56. The van der Waals surface area contributed by atoms with E-state index < -0.39 is 0 Å². The van der Waals surface area contributed by atoms with Crippen LogP contribution in [-0.2, 0) is 6.54 Å². The number of nitrogens with two attached hydrogens (primary N) is 1. The van der Waals surface area contributed by atoms with Gasteiger partial charge in [-0.1, -0.05) is 12.1 Å². The third kappa shape index (κ3) is 2.38. The van der Waals surface area contributed by atoms with Crippen molar-refractivity contribution in [3.05, 3.63) is 35.4 Å². The first-order valence-corrected chi connectivity index (χ1v) is 8.27. The Morgan fingerprint density at radius 2 is 1.76 bits per heavy atom. The van der Waals surface area contributed by atoms with E-state index >= 15 is 0 Å². The summed E-state index contributed by atoms with van der Waals surface area (Å²) in [6, 6.07) is 7.73. The van der Waals surface area contributed by atoms with Crippen LogP contribution < -0.4 is 11.1 Å². The molecule has 0 spiro atoms. The SMILES string of the molecule is NCc1cccc(C(=O)NC23CC4CC(CC(C4)C2)C3)c1. The fraction of sp³-hybridized carbons (Fsp3) is 0.611. The molecule has 1 aromatic carbocycles. The molecular weight excluding hydrogens is 260 g/mol. The Balaban J connectivity index is 1.54. The van der Waals surface area contributed by atoms with Crippen molar-refractivity contribution in [3.63, 3.8) is 0 Å². The lowest BCUT2D eigenvalue weighted by atomic mass is 9.53. The van der Waals surface area contributed by atoms with Gasteiger partial charge in [0.2, 0.25) is 0 Å². The van der Waals surface area contributed by atoms with Crippen LogP contribution in [0.25, 0.3) is 0 Å². The molecule has 0 saturated heterocycles. The average Bonchev–Trinajstić information content (AvgIpc) is 2.45. The molecule has 3 N–H and O–H groups in total. The normalized spacial score (nSPS) is 36.7. The van der Waals surface area contributed by atoms with Gasteiger partial charge in [0.15, 0.2) is 0 Å². The number of carbonyl (C=O) groups excluding carboxylic acids is 1. The number of hydrogen-bond acceptors (Lipinski definition) is 2. The lowest BCUT2D eigenvalue weighted by Crippen LogP contribution is -2.59. The second kappa shape index (κ2) is 4.84. The Bertz CT molecular complexity index is 531. The molecule has 3 heteroatoms. The Morgan fingerprint density at radius 1 is 1.14 bits per heavy atom. The maximum atomic E-state index is 12.6. The van der Waals surface area contributed by atoms with Crippen molar-refractivity contribution in [3.8, 4) is 0 Å². The minimum Gasteiger partial charge on any atom is -0.347 e. The van der Waals surface area contributed by atoms with Crippen LogP contribution in [0.15, 0.2) is 24.3 Å². The zero-order chi connectivity index (χ0) is 14.4. The molecule has 1 amide bonds. The minimum absolute atomic E-state index is 0.0878. The molecule has 4 saturated carbocycles. The van der Waals surface area contributed by atoms with Crippen LogP contribution in [0.2, 0.25) is 0 Å². The minimum atomic E-state index is 0.0878. The van der Waals surface area contributed by atoms with Gasteiger partial charge in [-0.3, -0.25) is 4.79 Å². The predicted octanol–water partition coefficient (Wildman–Crippen LogP) is 2.84. The first-order valence-electron chi connectivity index (χ1n) is 8.27. The number of rotatable bonds is 3. The monoisotopic (exact) mass is 284 g/mol. The van der Waals surface area contributed by atoms with E-state index in [4.69, 9.17) is 5.73 Å². The van der Waals surface area contributed by atoms with Crippen molar-refractivity contribution >= 4 is 5.91 Å². The fourth-order valence-corrected chi connectivity index (χ4v) is 5.42. The molecule has 0 atom stereocenters. The van der Waals surface area contributed by atoms with Gasteiger partial charge in [-0.05, 0) is 74.0 Å². The standard InChI is InChI=1S/C18H24N2O/c19-11-12-2-1-3-16(7-12)17(21)20-18-8-13-4-14(9-18)6-15(5-13)10-18/h1-3,7,13-15H,4-6,8-11,19H2,(H,20,21). The van der Waals surface area contributed by atoms with E-state index in [1.165, 1.54) is 38.5 Å². The molecule has 4 aliphatic carbocycles. The van der Waals surface area contributed by atoms with Crippen LogP contribution in [0.3, 0.4) is 0 Å². The summed E-state index contributed by atoms with van der Waals surface area (Å²) in [6.45, 7) is 0.485. The number of carbonyl (C=O) groups is 1. The molecular formula is C18H24N2O. The highest BCUT2D eigenvalue weighted by molar-refractivity contribution is 5.94. The number of amides is 1. The van der Waals surface area contributed by atoms with Crippen LogP contribution in [0.5, 0.6) is 0 Å². The molecule has 0 unspecified atom stereocenters. The quantitative estimate of drug-likeness (QED) is 0.896. The van der Waals surface area contributed by atoms with Crippen molar-refractivity contribution < 1.29 is 4.79 Å². The summed E-state index contributed by atoms with van der Waals surface area (Å²) in [5.74, 6) is 2.65. The molecule has 21 heavy (non-hydrogen) atoms. The van der Waals surface area contributed by atoms with Gasteiger partial charge >= 0.3 is 0 Å². The van der Waals surface area contributed by atoms with Crippen molar-refractivity contribution in [1.29, 1.82) is 0 Å². The average molecular weight is 284 g/mol. The summed E-state index contributed by atoms with van der Waals surface area (Å²) in [5, 5.41) is 3.41. The highest BCUT2D eigenvalue weighted by Crippen LogP contribution is 2.55. The van der Waals surface area contributed by atoms with Gasteiger partial charge in [0.1, 0.15) is 0 Å². The zero-order valence-corrected chi connectivity index (χ0v) is 12.5. The molecule has 4 bridgehead atoms. The van der Waals surface area contributed by atoms with Crippen molar-refractivity contribution in [2.24, 2.45) is 23.5 Å². The van der Waals surface area contributed by atoms with Crippen molar-refractivity contribution in [2.45, 2.75) is 50.6 Å². The highest BCUT2D eigenvalue weighted by Gasteiger charge is 2.51. The molecule has 3 nitrogen and oxygen atoms in total. The van der Waals surface area contributed by atoms with Crippen molar-refractivity contribution in [1.82, 2.24) is 5.32 Å². The Morgan fingerprint density at radius 3 is 2.33 bits per heavy atom. The summed E-state index contributed by atoms with van der Waals surface area (Å²) in [7, 11) is 0. The van der Waals surface area contributed by atoms with E-state index in [1.807, 2.05) is 24.3 Å². The molecule has 112 valence electrons. The third-order valence-corrected chi connectivity index (χ3v) is 5.84. The van der Waals surface area contributed by atoms with Crippen LogP contribution >= 0.6 is 0 Å². The fourth-order valence-electron chi connectivity index (χ4n) is 5.42. The molecule has 0 radical (unpaired) electrons. The number of nitrogens with one attached hydrogen (secondary N) is 1. The molecule has 0 heterocycles. The molecule has 4 fully saturated rings. The summed E-state index contributed by atoms with van der Waals surface area (Å²) in [5.41, 5.74) is 7.54. The molecule has 4 aliphatic rings. The molecule has 1 aromatic rings. The van der Waals surface area contributed by atoms with E-state index in [1.54, 1.807) is 0 Å².